The number of hydrogen-bond donors (Lipinski definition) is 1. The van der Waals surface area contributed by atoms with E-state index in [1.807, 2.05) is 0 Å². The summed E-state index contributed by atoms with van der Waals surface area (Å²) < 4.78 is 5.21. The fraction of sp³-hybridized carbons (Fsp3) is 0.941. The van der Waals surface area contributed by atoms with Crippen LogP contribution in [0.25, 0.3) is 0 Å². The predicted molar refractivity (Wildman–Crippen MR) is 83.1 cm³/mol. The summed E-state index contributed by atoms with van der Waals surface area (Å²) in [6.45, 7) is 3.79. The zero-order valence-electron chi connectivity index (χ0n) is 13.4. The van der Waals surface area contributed by atoms with Gasteiger partial charge in [-0.15, -0.1) is 0 Å². The minimum atomic E-state index is -0.0791. The largest absolute Gasteiger partial charge is 0.385 e. The Kier molecular flexibility index (Phi) is 4.85. The first kappa shape index (κ1) is 15.3. The van der Waals surface area contributed by atoms with E-state index in [-0.39, 0.29) is 5.41 Å². The van der Waals surface area contributed by atoms with Crippen molar-refractivity contribution in [1.82, 2.24) is 10.2 Å². The first-order valence-electron chi connectivity index (χ1n) is 8.75. The van der Waals surface area contributed by atoms with Crippen molar-refractivity contribution in [2.24, 2.45) is 11.3 Å². The summed E-state index contributed by atoms with van der Waals surface area (Å²) in [4.78, 5) is 15.0. The number of nitrogens with one attached hydrogen (secondary N) is 1. The smallest absolute Gasteiger partial charge is 0.228 e. The highest BCUT2D eigenvalue weighted by Crippen LogP contribution is 2.45. The molecule has 0 bridgehead atoms. The summed E-state index contributed by atoms with van der Waals surface area (Å²) in [6, 6.07) is 0.631. The van der Waals surface area contributed by atoms with E-state index in [4.69, 9.17) is 4.74 Å². The Morgan fingerprint density at radius 3 is 2.48 bits per heavy atom. The zero-order chi connectivity index (χ0) is 14.7. The average Bonchev–Trinajstić information content (AvgIpc) is 3.29. The molecule has 0 spiro atoms. The maximum atomic E-state index is 12.8. The van der Waals surface area contributed by atoms with Crippen molar-refractivity contribution >= 4 is 5.91 Å². The van der Waals surface area contributed by atoms with Crippen molar-refractivity contribution in [1.29, 1.82) is 0 Å². The second kappa shape index (κ2) is 6.66. The SMILES string of the molecule is COCCC1(C(=O)N2CCC(NCC3CC3)CC2)CCC1. The van der Waals surface area contributed by atoms with Crippen LogP contribution in [-0.2, 0) is 9.53 Å². The summed E-state index contributed by atoms with van der Waals surface area (Å²) in [5, 5.41) is 3.69. The monoisotopic (exact) mass is 294 g/mol. The number of rotatable bonds is 7. The van der Waals surface area contributed by atoms with Gasteiger partial charge in [-0.05, 0) is 57.4 Å². The van der Waals surface area contributed by atoms with Gasteiger partial charge in [0.2, 0.25) is 5.91 Å². The van der Waals surface area contributed by atoms with E-state index in [0.29, 0.717) is 18.6 Å². The molecule has 1 aliphatic heterocycles. The van der Waals surface area contributed by atoms with Crippen LogP contribution in [0.3, 0.4) is 0 Å². The van der Waals surface area contributed by atoms with E-state index >= 15 is 0 Å². The molecular weight excluding hydrogens is 264 g/mol. The van der Waals surface area contributed by atoms with Gasteiger partial charge >= 0.3 is 0 Å². The van der Waals surface area contributed by atoms with Crippen molar-refractivity contribution < 1.29 is 9.53 Å². The number of piperidine rings is 1. The molecule has 21 heavy (non-hydrogen) atoms. The van der Waals surface area contributed by atoms with Crippen LogP contribution >= 0.6 is 0 Å². The van der Waals surface area contributed by atoms with Gasteiger partial charge in [0.25, 0.3) is 0 Å². The lowest BCUT2D eigenvalue weighted by molar-refractivity contribution is -0.150. The van der Waals surface area contributed by atoms with Gasteiger partial charge in [0.15, 0.2) is 0 Å². The lowest BCUT2D eigenvalue weighted by Gasteiger charge is -2.45. The molecule has 0 radical (unpaired) electrons. The molecule has 2 aliphatic carbocycles. The molecule has 120 valence electrons. The van der Waals surface area contributed by atoms with E-state index < -0.39 is 0 Å². The molecule has 1 heterocycles. The number of carbonyl (C=O) groups excluding carboxylic acids is 1. The standard InChI is InChI=1S/C17H30N2O2/c1-21-12-9-17(7-2-8-17)16(20)19-10-5-15(6-11-19)18-13-14-3-4-14/h14-15,18H,2-13H2,1H3. The van der Waals surface area contributed by atoms with Crippen LogP contribution in [0.1, 0.15) is 51.4 Å². The van der Waals surface area contributed by atoms with Crippen LogP contribution in [0, 0.1) is 11.3 Å². The third-order valence-electron chi connectivity index (χ3n) is 5.72. The Morgan fingerprint density at radius 2 is 1.95 bits per heavy atom. The van der Waals surface area contributed by atoms with E-state index in [0.717, 1.165) is 51.1 Å². The Morgan fingerprint density at radius 1 is 1.24 bits per heavy atom. The highest BCUT2D eigenvalue weighted by atomic mass is 16.5. The predicted octanol–water partition coefficient (Wildman–Crippen LogP) is 2.18. The third-order valence-corrected chi connectivity index (χ3v) is 5.72. The molecule has 0 aromatic carbocycles. The van der Waals surface area contributed by atoms with Crippen LogP contribution in [0.2, 0.25) is 0 Å². The van der Waals surface area contributed by atoms with Gasteiger partial charge in [-0.1, -0.05) is 6.42 Å². The molecule has 0 unspecified atom stereocenters. The molecule has 0 aromatic rings. The van der Waals surface area contributed by atoms with Crippen LogP contribution in [0.4, 0.5) is 0 Å². The molecule has 3 fully saturated rings. The first-order valence-corrected chi connectivity index (χ1v) is 8.75. The van der Waals surface area contributed by atoms with Crippen LogP contribution in [-0.4, -0.2) is 50.2 Å². The molecule has 4 nitrogen and oxygen atoms in total. The molecule has 0 aromatic heterocycles. The molecule has 3 rings (SSSR count). The fourth-order valence-electron chi connectivity index (χ4n) is 3.75. The summed E-state index contributed by atoms with van der Waals surface area (Å²) in [6.07, 6.45) is 9.30. The van der Waals surface area contributed by atoms with E-state index in [1.54, 1.807) is 7.11 Å². The molecular formula is C17H30N2O2. The highest BCUT2D eigenvalue weighted by molar-refractivity contribution is 5.83. The van der Waals surface area contributed by atoms with Crippen molar-refractivity contribution in [3.8, 4) is 0 Å². The van der Waals surface area contributed by atoms with Gasteiger partial charge in [0.1, 0.15) is 0 Å². The van der Waals surface area contributed by atoms with Gasteiger partial charge in [-0.3, -0.25) is 4.79 Å². The third kappa shape index (κ3) is 3.59. The molecule has 2 saturated carbocycles. The molecule has 1 saturated heterocycles. The number of carbonyl (C=O) groups is 1. The lowest BCUT2D eigenvalue weighted by Crippen LogP contribution is -2.53. The Bertz CT molecular complexity index is 356. The second-order valence-electron chi connectivity index (χ2n) is 7.29. The minimum absolute atomic E-state index is 0.0791. The quantitative estimate of drug-likeness (QED) is 0.782. The molecule has 1 N–H and O–H groups in total. The number of methoxy groups -OCH3 is 1. The summed E-state index contributed by atoms with van der Waals surface area (Å²) in [5.41, 5.74) is -0.0791. The normalized spacial score (nSPS) is 25.7. The van der Waals surface area contributed by atoms with Crippen molar-refractivity contribution in [3.05, 3.63) is 0 Å². The fourth-order valence-corrected chi connectivity index (χ4v) is 3.75. The highest BCUT2D eigenvalue weighted by Gasteiger charge is 2.46. The van der Waals surface area contributed by atoms with E-state index in [9.17, 15) is 4.79 Å². The van der Waals surface area contributed by atoms with E-state index in [2.05, 4.69) is 10.2 Å². The van der Waals surface area contributed by atoms with Crippen LogP contribution in [0.15, 0.2) is 0 Å². The Labute approximate surface area is 128 Å². The molecule has 0 atom stereocenters. The van der Waals surface area contributed by atoms with Crippen molar-refractivity contribution in [2.75, 3.05) is 33.4 Å². The maximum Gasteiger partial charge on any atom is 0.228 e. The number of ether oxygens (including phenoxy) is 1. The van der Waals surface area contributed by atoms with Gasteiger partial charge in [0.05, 0.1) is 5.41 Å². The molecule has 4 heteroatoms. The number of nitrogens with zero attached hydrogens (tertiary/aromatic N) is 1. The first-order chi connectivity index (χ1) is 10.2. The zero-order valence-corrected chi connectivity index (χ0v) is 13.4. The molecule has 1 amide bonds. The minimum Gasteiger partial charge on any atom is -0.385 e. The summed E-state index contributed by atoms with van der Waals surface area (Å²) >= 11 is 0. The Hall–Kier alpha value is -0.610. The van der Waals surface area contributed by atoms with Crippen LogP contribution < -0.4 is 5.32 Å². The van der Waals surface area contributed by atoms with Gasteiger partial charge in [-0.25, -0.2) is 0 Å². The number of likely N-dealkylation sites (tertiary alicyclic amines) is 1. The summed E-state index contributed by atoms with van der Waals surface area (Å²) in [5.74, 6) is 1.35. The van der Waals surface area contributed by atoms with Gasteiger partial charge < -0.3 is 15.0 Å². The summed E-state index contributed by atoms with van der Waals surface area (Å²) in [7, 11) is 1.73. The maximum absolute atomic E-state index is 12.8. The lowest BCUT2D eigenvalue weighted by atomic mass is 9.65. The number of amides is 1. The number of hydrogen-bond acceptors (Lipinski definition) is 3. The van der Waals surface area contributed by atoms with Crippen molar-refractivity contribution in [2.45, 2.75) is 57.4 Å². The average molecular weight is 294 g/mol. The topological polar surface area (TPSA) is 41.6 Å². The van der Waals surface area contributed by atoms with Crippen LogP contribution in [0.5, 0.6) is 0 Å². The van der Waals surface area contributed by atoms with Gasteiger partial charge in [0, 0.05) is 32.8 Å². The molecule has 3 aliphatic rings. The Balaban J connectivity index is 1.45. The second-order valence-corrected chi connectivity index (χ2v) is 7.29. The van der Waals surface area contributed by atoms with Crippen molar-refractivity contribution in [3.63, 3.8) is 0 Å². The van der Waals surface area contributed by atoms with Gasteiger partial charge in [-0.2, -0.15) is 0 Å². The van der Waals surface area contributed by atoms with E-state index in [1.165, 1.54) is 25.8 Å².